The summed E-state index contributed by atoms with van der Waals surface area (Å²) in [6.07, 6.45) is -0.427. The second-order valence-electron chi connectivity index (χ2n) is 5.31. The van der Waals surface area contributed by atoms with Crippen LogP contribution >= 0.6 is 0 Å². The zero-order chi connectivity index (χ0) is 15.2. The Morgan fingerprint density at radius 2 is 2.15 bits per heavy atom. The molecule has 0 atom stereocenters. The minimum absolute atomic E-state index is 0.297. The van der Waals surface area contributed by atoms with Crippen LogP contribution in [-0.2, 0) is 11.2 Å². The van der Waals surface area contributed by atoms with E-state index in [1.807, 2.05) is 6.07 Å². The highest BCUT2D eigenvalue weighted by Crippen LogP contribution is 2.10. The number of amides is 1. The van der Waals surface area contributed by atoms with Gasteiger partial charge < -0.3 is 9.84 Å². The summed E-state index contributed by atoms with van der Waals surface area (Å²) in [5.41, 5.74) is 1.01. The van der Waals surface area contributed by atoms with Gasteiger partial charge in [-0.15, -0.1) is 0 Å². The number of carbonyl (C=O) groups is 1. The van der Waals surface area contributed by atoms with Crippen LogP contribution in [0.5, 0.6) is 0 Å². The van der Waals surface area contributed by atoms with Crippen molar-refractivity contribution < 1.29 is 14.6 Å². The van der Waals surface area contributed by atoms with Gasteiger partial charge in [-0.25, -0.2) is 4.79 Å². The topological polar surface area (TPSA) is 82.7 Å². The molecule has 5 heteroatoms. The minimum atomic E-state index is -0.724. The monoisotopic (exact) mass is 274 g/mol. The number of benzene rings is 1. The Morgan fingerprint density at radius 3 is 2.70 bits per heavy atom. The molecule has 106 valence electrons. The molecule has 0 heterocycles. The molecule has 0 saturated heterocycles. The van der Waals surface area contributed by atoms with Crippen molar-refractivity contribution in [3.63, 3.8) is 0 Å². The van der Waals surface area contributed by atoms with Gasteiger partial charge in [0.05, 0.1) is 24.0 Å². The van der Waals surface area contributed by atoms with Gasteiger partial charge in [0.25, 0.3) is 0 Å². The van der Waals surface area contributed by atoms with Crippen molar-refractivity contribution in [2.75, 3.05) is 6.61 Å². The normalized spacial score (nSPS) is 11.8. The van der Waals surface area contributed by atoms with Crippen LogP contribution in [0.1, 0.15) is 31.9 Å². The van der Waals surface area contributed by atoms with Gasteiger partial charge in [0, 0.05) is 6.42 Å². The molecule has 0 aliphatic rings. The van der Waals surface area contributed by atoms with Crippen LogP contribution in [0.15, 0.2) is 29.3 Å². The Morgan fingerprint density at radius 1 is 1.45 bits per heavy atom. The summed E-state index contributed by atoms with van der Waals surface area (Å²) < 4.78 is 5.06. The summed E-state index contributed by atoms with van der Waals surface area (Å²) in [4.78, 5) is 15.3. The average Bonchev–Trinajstić information content (AvgIpc) is 2.36. The van der Waals surface area contributed by atoms with Crippen LogP contribution in [0.25, 0.3) is 0 Å². The number of ether oxygens (including phenoxy) is 1. The van der Waals surface area contributed by atoms with E-state index in [1.54, 1.807) is 45.0 Å². The Kier molecular flexibility index (Phi) is 5.42. The van der Waals surface area contributed by atoms with E-state index in [1.165, 1.54) is 0 Å². The largest absolute Gasteiger partial charge is 0.442 e. The standard InChI is InChI=1S/C15H18N2O3/c1-15(2,3)20-14(19)17-13(10-18)8-11-5-4-6-12(7-11)9-16/h4-7,18H,8,10H2,1-3H3. The summed E-state index contributed by atoms with van der Waals surface area (Å²) in [5.74, 6) is 0. The van der Waals surface area contributed by atoms with Crippen LogP contribution in [0.2, 0.25) is 0 Å². The second kappa shape index (κ2) is 6.83. The Balaban J connectivity index is 2.81. The summed E-state index contributed by atoms with van der Waals surface area (Å²) in [6.45, 7) is 4.90. The van der Waals surface area contributed by atoms with Gasteiger partial charge in [-0.2, -0.15) is 10.3 Å². The molecule has 0 bridgehead atoms. The van der Waals surface area contributed by atoms with E-state index in [0.29, 0.717) is 17.7 Å². The maximum absolute atomic E-state index is 11.6. The van der Waals surface area contributed by atoms with Crippen molar-refractivity contribution >= 4 is 11.8 Å². The molecule has 1 aromatic rings. The highest BCUT2D eigenvalue weighted by Gasteiger charge is 2.16. The predicted octanol–water partition coefficient (Wildman–Crippen LogP) is 2.47. The molecular weight excluding hydrogens is 256 g/mol. The van der Waals surface area contributed by atoms with Crippen molar-refractivity contribution in [1.82, 2.24) is 0 Å². The molecule has 20 heavy (non-hydrogen) atoms. The lowest BCUT2D eigenvalue weighted by atomic mass is 10.1. The number of hydrogen-bond acceptors (Lipinski definition) is 4. The first kappa shape index (κ1) is 15.9. The van der Waals surface area contributed by atoms with Gasteiger partial charge in [0.1, 0.15) is 5.60 Å². The molecule has 0 aliphatic heterocycles. The average molecular weight is 274 g/mol. The molecule has 0 aromatic heterocycles. The van der Waals surface area contributed by atoms with Crippen LogP contribution in [-0.4, -0.2) is 29.1 Å². The third-order valence-electron chi connectivity index (χ3n) is 2.29. The summed E-state index contributed by atoms with van der Waals surface area (Å²) in [6, 6.07) is 8.97. The number of hydrogen-bond donors (Lipinski definition) is 1. The third kappa shape index (κ3) is 5.63. The molecule has 1 rings (SSSR count). The first-order chi connectivity index (χ1) is 9.34. The lowest BCUT2D eigenvalue weighted by molar-refractivity contribution is 0.0603. The van der Waals surface area contributed by atoms with Crippen molar-refractivity contribution in [1.29, 1.82) is 5.26 Å². The first-order valence-corrected chi connectivity index (χ1v) is 6.23. The lowest BCUT2D eigenvalue weighted by Gasteiger charge is -2.17. The number of nitriles is 1. The Labute approximate surface area is 118 Å². The lowest BCUT2D eigenvalue weighted by Crippen LogP contribution is -2.23. The number of aliphatic imine (C=N–C) groups is 1. The number of aliphatic hydroxyl groups excluding tert-OH is 1. The molecular formula is C15H18N2O3. The van der Waals surface area contributed by atoms with E-state index < -0.39 is 11.7 Å². The quantitative estimate of drug-likeness (QED) is 0.858. The molecule has 1 aromatic carbocycles. The van der Waals surface area contributed by atoms with E-state index in [-0.39, 0.29) is 6.61 Å². The SMILES string of the molecule is CC(C)(C)OC(=O)N=C(CO)Cc1cccc(C#N)c1. The summed E-state index contributed by atoms with van der Waals surface area (Å²) >= 11 is 0. The molecule has 1 amide bonds. The molecule has 0 unspecified atom stereocenters. The van der Waals surface area contributed by atoms with Crippen molar-refractivity contribution in [3.8, 4) is 6.07 Å². The van der Waals surface area contributed by atoms with E-state index >= 15 is 0 Å². The number of carbonyl (C=O) groups excluding carboxylic acids is 1. The fourth-order valence-corrected chi connectivity index (χ4v) is 1.53. The van der Waals surface area contributed by atoms with E-state index in [4.69, 9.17) is 10.00 Å². The maximum atomic E-state index is 11.6. The number of rotatable bonds is 3. The fourth-order valence-electron chi connectivity index (χ4n) is 1.53. The second-order valence-corrected chi connectivity index (χ2v) is 5.31. The van der Waals surface area contributed by atoms with Gasteiger partial charge in [-0.3, -0.25) is 0 Å². The molecule has 0 spiro atoms. The van der Waals surface area contributed by atoms with E-state index in [2.05, 4.69) is 4.99 Å². The van der Waals surface area contributed by atoms with Crippen LogP contribution in [0.4, 0.5) is 4.79 Å². The van der Waals surface area contributed by atoms with Gasteiger partial charge in [-0.05, 0) is 38.5 Å². The highest BCUT2D eigenvalue weighted by molar-refractivity contribution is 5.95. The smallest absolute Gasteiger partial charge is 0.434 e. The van der Waals surface area contributed by atoms with Crippen molar-refractivity contribution in [2.24, 2.45) is 4.99 Å². The molecule has 0 fully saturated rings. The van der Waals surface area contributed by atoms with Gasteiger partial charge in [0.2, 0.25) is 0 Å². The van der Waals surface area contributed by atoms with E-state index in [0.717, 1.165) is 5.56 Å². The fraction of sp³-hybridized carbons (Fsp3) is 0.400. The van der Waals surface area contributed by atoms with Gasteiger partial charge in [-0.1, -0.05) is 12.1 Å². The molecule has 0 radical (unpaired) electrons. The molecule has 0 saturated carbocycles. The zero-order valence-corrected chi connectivity index (χ0v) is 11.9. The van der Waals surface area contributed by atoms with Crippen molar-refractivity contribution in [2.45, 2.75) is 32.8 Å². The first-order valence-electron chi connectivity index (χ1n) is 6.23. The predicted molar refractivity (Wildman–Crippen MR) is 75.6 cm³/mol. The molecule has 1 N–H and O–H groups in total. The Hall–Kier alpha value is -2.19. The maximum Gasteiger partial charge on any atom is 0.434 e. The van der Waals surface area contributed by atoms with Gasteiger partial charge in [0.15, 0.2) is 0 Å². The zero-order valence-electron chi connectivity index (χ0n) is 11.9. The third-order valence-corrected chi connectivity index (χ3v) is 2.29. The number of nitrogens with zero attached hydrogens (tertiary/aromatic N) is 2. The summed E-state index contributed by atoms with van der Waals surface area (Å²) in [5, 5.41) is 18.1. The van der Waals surface area contributed by atoms with Crippen LogP contribution in [0.3, 0.4) is 0 Å². The Bertz CT molecular complexity index is 551. The molecule has 5 nitrogen and oxygen atoms in total. The van der Waals surface area contributed by atoms with Crippen LogP contribution < -0.4 is 0 Å². The molecule has 0 aliphatic carbocycles. The summed E-state index contributed by atoms with van der Waals surface area (Å²) in [7, 11) is 0. The van der Waals surface area contributed by atoms with Crippen LogP contribution in [0, 0.1) is 11.3 Å². The van der Waals surface area contributed by atoms with Crippen molar-refractivity contribution in [3.05, 3.63) is 35.4 Å². The number of aliphatic hydroxyl groups is 1. The van der Waals surface area contributed by atoms with Gasteiger partial charge >= 0.3 is 6.09 Å². The highest BCUT2D eigenvalue weighted by atomic mass is 16.6. The van der Waals surface area contributed by atoms with E-state index in [9.17, 15) is 9.90 Å². The minimum Gasteiger partial charge on any atom is -0.442 e.